The second-order valence-corrected chi connectivity index (χ2v) is 5.00. The number of rotatable bonds is 5. The molecule has 0 saturated carbocycles. The molecule has 0 saturated heterocycles. The van der Waals surface area contributed by atoms with Gasteiger partial charge in [-0.15, -0.1) is 0 Å². The van der Waals surface area contributed by atoms with Crippen molar-refractivity contribution in [2.45, 2.75) is 66.2 Å². The first kappa shape index (κ1) is 14.4. The van der Waals surface area contributed by atoms with E-state index in [2.05, 4.69) is 0 Å². The predicted octanol–water partition coefficient (Wildman–Crippen LogP) is 2.04. The van der Waals surface area contributed by atoms with E-state index >= 15 is 0 Å². The summed E-state index contributed by atoms with van der Waals surface area (Å²) in [6, 6.07) is 0.383. The molecule has 0 spiro atoms. The van der Waals surface area contributed by atoms with E-state index in [9.17, 15) is 9.90 Å². The van der Waals surface area contributed by atoms with E-state index in [4.69, 9.17) is 0 Å². The molecule has 0 aromatic carbocycles. The maximum Gasteiger partial charge on any atom is 0.225 e. The minimum Gasteiger partial charge on any atom is -0.392 e. The van der Waals surface area contributed by atoms with Gasteiger partial charge in [0.1, 0.15) is 0 Å². The summed E-state index contributed by atoms with van der Waals surface area (Å²) >= 11 is 0. The summed E-state index contributed by atoms with van der Waals surface area (Å²) in [5.74, 6) is 0.177. The van der Waals surface area contributed by atoms with Crippen molar-refractivity contribution in [2.75, 3.05) is 0 Å². The molecule has 0 unspecified atom stereocenters. The van der Waals surface area contributed by atoms with Crippen LogP contribution in [-0.2, 0) is 4.79 Å². The minimum absolute atomic E-state index is 0.0428. The fourth-order valence-electron chi connectivity index (χ4n) is 1.69. The average Bonchev–Trinajstić information content (AvgIpc) is 2.01. The lowest BCUT2D eigenvalue weighted by molar-refractivity contribution is -0.137. The van der Waals surface area contributed by atoms with Crippen LogP contribution in [0.15, 0.2) is 0 Å². The molecule has 3 heteroatoms. The lowest BCUT2D eigenvalue weighted by Crippen LogP contribution is -2.43. The van der Waals surface area contributed by atoms with Crippen molar-refractivity contribution in [2.24, 2.45) is 5.92 Å². The lowest BCUT2D eigenvalue weighted by atomic mass is 10.0. The molecule has 0 aliphatic heterocycles. The zero-order chi connectivity index (χ0) is 12.2. The van der Waals surface area contributed by atoms with Crippen LogP contribution in [0, 0.1) is 5.92 Å². The molecule has 1 atom stereocenters. The number of hydrogen-bond donors (Lipinski definition) is 1. The normalized spacial score (nSPS) is 13.7. The largest absolute Gasteiger partial charge is 0.392 e. The van der Waals surface area contributed by atoms with Crippen molar-refractivity contribution < 1.29 is 9.90 Å². The molecule has 0 aliphatic carbocycles. The number of carbonyl (C=O) groups is 1. The van der Waals surface area contributed by atoms with Gasteiger partial charge in [-0.1, -0.05) is 13.8 Å². The van der Waals surface area contributed by atoms with E-state index < -0.39 is 6.10 Å². The molecular weight excluding hydrogens is 190 g/mol. The molecule has 1 amide bonds. The Morgan fingerprint density at radius 2 is 1.47 bits per heavy atom. The quantitative estimate of drug-likeness (QED) is 0.762. The number of carbonyl (C=O) groups excluding carboxylic acids is 1. The Morgan fingerprint density at radius 3 is 1.73 bits per heavy atom. The van der Waals surface area contributed by atoms with Gasteiger partial charge in [-0.3, -0.25) is 4.79 Å². The van der Waals surface area contributed by atoms with Crippen molar-refractivity contribution in [1.29, 1.82) is 0 Å². The average molecular weight is 215 g/mol. The predicted molar refractivity (Wildman–Crippen MR) is 62.6 cm³/mol. The monoisotopic (exact) mass is 215 g/mol. The molecule has 0 aromatic rings. The molecular formula is C12H25NO2. The molecule has 0 bridgehead atoms. The number of hydrogen-bond acceptors (Lipinski definition) is 2. The van der Waals surface area contributed by atoms with Crippen molar-refractivity contribution in [1.82, 2.24) is 4.90 Å². The van der Waals surface area contributed by atoms with E-state index in [-0.39, 0.29) is 30.3 Å². The first-order valence-corrected chi connectivity index (χ1v) is 5.76. The summed E-state index contributed by atoms with van der Waals surface area (Å²) in [4.78, 5) is 13.7. The van der Waals surface area contributed by atoms with Gasteiger partial charge < -0.3 is 10.0 Å². The third-order valence-corrected chi connectivity index (χ3v) is 2.55. The van der Waals surface area contributed by atoms with Crippen LogP contribution in [-0.4, -0.2) is 34.1 Å². The van der Waals surface area contributed by atoms with Gasteiger partial charge in [0.2, 0.25) is 5.91 Å². The van der Waals surface area contributed by atoms with E-state index in [1.165, 1.54) is 0 Å². The van der Waals surface area contributed by atoms with Crippen LogP contribution in [0.3, 0.4) is 0 Å². The van der Waals surface area contributed by atoms with Gasteiger partial charge in [-0.25, -0.2) is 0 Å². The summed E-state index contributed by atoms with van der Waals surface area (Å²) < 4.78 is 0. The maximum atomic E-state index is 11.9. The van der Waals surface area contributed by atoms with Crippen molar-refractivity contribution >= 4 is 5.91 Å². The summed E-state index contributed by atoms with van der Waals surface area (Å²) in [5.41, 5.74) is 0. The van der Waals surface area contributed by atoms with E-state index in [0.717, 1.165) is 0 Å². The molecule has 3 nitrogen and oxygen atoms in total. The highest BCUT2D eigenvalue weighted by atomic mass is 16.3. The van der Waals surface area contributed by atoms with Crippen molar-refractivity contribution in [3.8, 4) is 0 Å². The molecule has 0 aromatic heterocycles. The molecule has 0 heterocycles. The van der Waals surface area contributed by atoms with Gasteiger partial charge in [0, 0.05) is 12.1 Å². The van der Waals surface area contributed by atoms with Crippen LogP contribution in [0.25, 0.3) is 0 Å². The first-order valence-electron chi connectivity index (χ1n) is 5.76. The van der Waals surface area contributed by atoms with Crippen molar-refractivity contribution in [3.05, 3.63) is 0 Å². The Morgan fingerprint density at radius 1 is 1.07 bits per heavy atom. The molecule has 1 N–H and O–H groups in total. The van der Waals surface area contributed by atoms with Crippen LogP contribution in [0.5, 0.6) is 0 Å². The Kier molecular flexibility index (Phi) is 5.88. The molecule has 90 valence electrons. The highest BCUT2D eigenvalue weighted by Crippen LogP contribution is 2.12. The Labute approximate surface area is 93.5 Å². The van der Waals surface area contributed by atoms with E-state index in [1.54, 1.807) is 0 Å². The zero-order valence-corrected chi connectivity index (χ0v) is 10.8. The standard InChI is InChI=1S/C12H25NO2/c1-8(2)11(14)7-12(15)13(9(3)4)10(5)6/h8-11,14H,7H2,1-6H3/t11-/m0/s1. The van der Waals surface area contributed by atoms with Gasteiger partial charge in [0.05, 0.1) is 12.5 Å². The lowest BCUT2D eigenvalue weighted by Gasteiger charge is -2.32. The van der Waals surface area contributed by atoms with Crippen LogP contribution in [0.1, 0.15) is 48.0 Å². The van der Waals surface area contributed by atoms with Crippen molar-refractivity contribution in [3.63, 3.8) is 0 Å². The topological polar surface area (TPSA) is 40.5 Å². The Bertz CT molecular complexity index is 192. The fourth-order valence-corrected chi connectivity index (χ4v) is 1.69. The number of aliphatic hydroxyl groups is 1. The summed E-state index contributed by atoms with van der Waals surface area (Å²) in [6.07, 6.45) is -0.300. The second-order valence-electron chi connectivity index (χ2n) is 5.00. The summed E-state index contributed by atoms with van der Waals surface area (Å²) in [7, 11) is 0. The molecule has 15 heavy (non-hydrogen) atoms. The number of amides is 1. The highest BCUT2D eigenvalue weighted by molar-refractivity contribution is 5.77. The van der Waals surface area contributed by atoms with Crippen LogP contribution < -0.4 is 0 Å². The SMILES string of the molecule is CC(C)[C@@H](O)CC(=O)N(C(C)C)C(C)C. The third-order valence-electron chi connectivity index (χ3n) is 2.55. The van der Waals surface area contributed by atoms with Crippen LogP contribution >= 0.6 is 0 Å². The third kappa shape index (κ3) is 4.65. The summed E-state index contributed by atoms with van der Waals surface area (Å²) in [6.45, 7) is 11.8. The van der Waals surface area contributed by atoms with Gasteiger partial charge in [-0.05, 0) is 33.6 Å². The van der Waals surface area contributed by atoms with E-state index in [0.29, 0.717) is 0 Å². The Balaban J connectivity index is 4.40. The first-order chi connectivity index (χ1) is 6.77. The van der Waals surface area contributed by atoms with Gasteiger partial charge in [-0.2, -0.15) is 0 Å². The highest BCUT2D eigenvalue weighted by Gasteiger charge is 2.23. The molecule has 0 fully saturated rings. The Hall–Kier alpha value is -0.570. The molecule has 0 radical (unpaired) electrons. The van der Waals surface area contributed by atoms with Gasteiger partial charge >= 0.3 is 0 Å². The molecule has 0 rings (SSSR count). The molecule has 0 aliphatic rings. The zero-order valence-electron chi connectivity index (χ0n) is 10.8. The maximum absolute atomic E-state index is 11.9. The fraction of sp³-hybridized carbons (Fsp3) is 0.917. The summed E-state index contributed by atoms with van der Waals surface area (Å²) in [5, 5.41) is 9.66. The minimum atomic E-state index is -0.530. The number of nitrogens with zero attached hydrogens (tertiary/aromatic N) is 1. The second kappa shape index (κ2) is 6.11. The smallest absolute Gasteiger partial charge is 0.225 e. The van der Waals surface area contributed by atoms with Gasteiger partial charge in [0.15, 0.2) is 0 Å². The number of aliphatic hydroxyl groups excluding tert-OH is 1. The van der Waals surface area contributed by atoms with Crippen LogP contribution in [0.2, 0.25) is 0 Å². The van der Waals surface area contributed by atoms with E-state index in [1.807, 2.05) is 46.4 Å². The van der Waals surface area contributed by atoms with Gasteiger partial charge in [0.25, 0.3) is 0 Å². The van der Waals surface area contributed by atoms with Crippen LogP contribution in [0.4, 0.5) is 0 Å².